The van der Waals surface area contributed by atoms with Crippen molar-refractivity contribution in [1.29, 1.82) is 0 Å². The van der Waals surface area contributed by atoms with Crippen molar-refractivity contribution in [2.75, 3.05) is 41.5 Å². The van der Waals surface area contributed by atoms with Crippen molar-refractivity contribution >= 4 is 15.7 Å². The minimum absolute atomic E-state index is 0.209. The fraction of sp³-hybridized carbons (Fsp3) is 0.409. The van der Waals surface area contributed by atoms with E-state index in [1.54, 1.807) is 41.3 Å². The van der Waals surface area contributed by atoms with Crippen molar-refractivity contribution in [3.05, 3.63) is 42.0 Å². The van der Waals surface area contributed by atoms with Crippen LogP contribution in [-0.2, 0) is 9.84 Å². The molecule has 1 aliphatic rings. The summed E-state index contributed by atoms with van der Waals surface area (Å²) in [5.41, 5.74) is 0.394. The van der Waals surface area contributed by atoms with E-state index in [0.717, 1.165) is 0 Å². The molecular weight excluding hydrogens is 422 g/mol. The Labute approximate surface area is 182 Å². The number of likely N-dealkylation sites (tertiary alicyclic amines) is 1. The first-order valence-corrected chi connectivity index (χ1v) is 11.4. The van der Waals surface area contributed by atoms with Gasteiger partial charge in [0.25, 0.3) is 5.91 Å². The Balaban J connectivity index is 1.74. The largest absolute Gasteiger partial charge is 0.497 e. The maximum absolute atomic E-state index is 13.0. The molecule has 0 spiro atoms. The van der Waals surface area contributed by atoms with Gasteiger partial charge >= 0.3 is 0 Å². The van der Waals surface area contributed by atoms with E-state index in [4.69, 9.17) is 18.9 Å². The lowest BCUT2D eigenvalue weighted by Gasteiger charge is -2.32. The van der Waals surface area contributed by atoms with Crippen molar-refractivity contribution in [3.63, 3.8) is 0 Å². The Hall–Kier alpha value is -2.94. The first kappa shape index (κ1) is 22.7. The zero-order valence-corrected chi connectivity index (χ0v) is 18.9. The average molecular weight is 450 g/mol. The summed E-state index contributed by atoms with van der Waals surface area (Å²) in [7, 11) is 2.52. The second kappa shape index (κ2) is 9.47. The highest BCUT2D eigenvalue weighted by molar-refractivity contribution is 7.92. The minimum atomic E-state index is -3.48. The Morgan fingerprint density at radius 3 is 1.87 bits per heavy atom. The van der Waals surface area contributed by atoms with Crippen LogP contribution >= 0.6 is 0 Å². The predicted molar refractivity (Wildman–Crippen MR) is 115 cm³/mol. The second-order valence-electron chi connectivity index (χ2n) is 7.13. The van der Waals surface area contributed by atoms with E-state index in [2.05, 4.69) is 0 Å². The number of carbonyl (C=O) groups is 1. The van der Waals surface area contributed by atoms with E-state index in [-0.39, 0.29) is 10.8 Å². The molecule has 168 valence electrons. The van der Waals surface area contributed by atoms with Gasteiger partial charge in [-0.2, -0.15) is 0 Å². The summed E-state index contributed by atoms with van der Waals surface area (Å²) in [6, 6.07) is 9.59. The van der Waals surface area contributed by atoms with Crippen molar-refractivity contribution < 1.29 is 32.2 Å². The third-order valence-electron chi connectivity index (χ3n) is 5.47. The smallest absolute Gasteiger partial charge is 0.254 e. The third kappa shape index (κ3) is 4.56. The van der Waals surface area contributed by atoms with Gasteiger partial charge in [-0.05, 0) is 49.2 Å². The van der Waals surface area contributed by atoms with Crippen LogP contribution in [0.5, 0.6) is 23.0 Å². The fourth-order valence-corrected chi connectivity index (χ4v) is 5.45. The number of sulfone groups is 1. The fourth-order valence-electron chi connectivity index (χ4n) is 3.71. The molecule has 1 fully saturated rings. The lowest BCUT2D eigenvalue weighted by molar-refractivity contribution is 0.0724. The van der Waals surface area contributed by atoms with Crippen LogP contribution in [0.2, 0.25) is 0 Å². The van der Waals surface area contributed by atoms with Crippen LogP contribution in [0.4, 0.5) is 0 Å². The highest BCUT2D eigenvalue weighted by Gasteiger charge is 2.33. The minimum Gasteiger partial charge on any atom is -0.497 e. The first-order valence-electron chi connectivity index (χ1n) is 9.83. The molecule has 3 rings (SSSR count). The van der Waals surface area contributed by atoms with Crippen LogP contribution in [0.25, 0.3) is 0 Å². The van der Waals surface area contributed by atoms with E-state index in [9.17, 15) is 13.2 Å². The molecule has 2 aromatic carbocycles. The topological polar surface area (TPSA) is 91.4 Å². The molecule has 1 heterocycles. The number of amides is 1. The maximum Gasteiger partial charge on any atom is 0.254 e. The monoisotopic (exact) mass is 449 g/mol. The Bertz CT molecular complexity index is 1000. The van der Waals surface area contributed by atoms with Crippen molar-refractivity contribution in [2.45, 2.75) is 23.0 Å². The molecular formula is C22H27NO7S. The number of piperidine rings is 1. The van der Waals surface area contributed by atoms with Gasteiger partial charge in [-0.3, -0.25) is 4.79 Å². The van der Waals surface area contributed by atoms with Gasteiger partial charge in [-0.25, -0.2) is 8.42 Å². The Morgan fingerprint density at radius 1 is 0.871 bits per heavy atom. The standard InChI is InChI=1S/C22H27NO7S/c1-27-16-5-7-17(8-6-16)31(25,26)18-9-11-23(12-10-18)22(24)15-13-19(28-2)21(30-4)20(14-15)29-3/h5-8,13-14,18H,9-12H2,1-4H3. The second-order valence-corrected chi connectivity index (χ2v) is 9.35. The first-order chi connectivity index (χ1) is 14.8. The van der Waals surface area contributed by atoms with Gasteiger partial charge in [0.15, 0.2) is 21.3 Å². The molecule has 31 heavy (non-hydrogen) atoms. The number of rotatable bonds is 7. The summed E-state index contributed by atoms with van der Waals surface area (Å²) in [5.74, 6) is 1.58. The normalized spacial score (nSPS) is 14.8. The van der Waals surface area contributed by atoms with Gasteiger partial charge in [-0.1, -0.05) is 0 Å². The molecule has 0 radical (unpaired) electrons. The van der Waals surface area contributed by atoms with E-state index in [1.807, 2.05) is 0 Å². The zero-order chi connectivity index (χ0) is 22.6. The number of nitrogens with zero attached hydrogens (tertiary/aromatic N) is 1. The highest BCUT2D eigenvalue weighted by Crippen LogP contribution is 2.38. The van der Waals surface area contributed by atoms with Crippen molar-refractivity contribution in [3.8, 4) is 23.0 Å². The summed E-state index contributed by atoms with van der Waals surface area (Å²) in [5, 5.41) is -0.537. The molecule has 0 atom stereocenters. The molecule has 0 unspecified atom stereocenters. The Morgan fingerprint density at radius 2 is 1.42 bits per heavy atom. The predicted octanol–water partition coefficient (Wildman–Crippen LogP) is 2.80. The van der Waals surface area contributed by atoms with Gasteiger partial charge in [0.05, 0.1) is 38.6 Å². The summed E-state index contributed by atoms with van der Waals surface area (Å²) < 4.78 is 47.0. The number of hydrogen-bond acceptors (Lipinski definition) is 7. The average Bonchev–Trinajstić information content (AvgIpc) is 2.82. The van der Waals surface area contributed by atoms with Crippen LogP contribution < -0.4 is 18.9 Å². The number of ether oxygens (including phenoxy) is 4. The van der Waals surface area contributed by atoms with Gasteiger partial charge in [0.1, 0.15) is 5.75 Å². The molecule has 8 nitrogen and oxygen atoms in total. The van der Waals surface area contributed by atoms with Crippen LogP contribution in [0.1, 0.15) is 23.2 Å². The molecule has 1 aliphatic heterocycles. The van der Waals surface area contributed by atoms with Gasteiger partial charge in [0.2, 0.25) is 5.75 Å². The number of carbonyl (C=O) groups excluding carboxylic acids is 1. The van der Waals surface area contributed by atoms with Gasteiger partial charge in [-0.15, -0.1) is 0 Å². The molecule has 0 bridgehead atoms. The summed E-state index contributed by atoms with van der Waals surface area (Å²) >= 11 is 0. The van der Waals surface area contributed by atoms with E-state index >= 15 is 0 Å². The molecule has 0 saturated carbocycles. The zero-order valence-electron chi connectivity index (χ0n) is 18.1. The lowest BCUT2D eigenvalue weighted by Crippen LogP contribution is -2.42. The number of benzene rings is 2. The van der Waals surface area contributed by atoms with Crippen molar-refractivity contribution in [2.24, 2.45) is 0 Å². The SMILES string of the molecule is COc1ccc(S(=O)(=O)C2CCN(C(=O)c3cc(OC)c(OC)c(OC)c3)CC2)cc1. The molecule has 1 amide bonds. The summed E-state index contributed by atoms with van der Waals surface area (Å²) in [6.07, 6.45) is 0.731. The van der Waals surface area contributed by atoms with Crippen molar-refractivity contribution in [1.82, 2.24) is 4.90 Å². The molecule has 1 saturated heterocycles. The van der Waals surface area contributed by atoms with Crippen LogP contribution in [0.15, 0.2) is 41.3 Å². The Kier molecular flexibility index (Phi) is 6.94. The molecule has 9 heteroatoms. The summed E-state index contributed by atoms with van der Waals surface area (Å²) in [4.78, 5) is 15.0. The maximum atomic E-state index is 13.0. The van der Waals surface area contributed by atoms with Gasteiger partial charge < -0.3 is 23.8 Å². The number of hydrogen-bond donors (Lipinski definition) is 0. The molecule has 2 aromatic rings. The molecule has 0 aliphatic carbocycles. The molecule has 0 N–H and O–H groups in total. The summed E-state index contributed by atoms with van der Waals surface area (Å²) in [6.45, 7) is 0.686. The van der Waals surface area contributed by atoms with Crippen LogP contribution in [-0.4, -0.2) is 66.0 Å². The van der Waals surface area contributed by atoms with Crippen LogP contribution in [0.3, 0.4) is 0 Å². The van der Waals surface area contributed by atoms with Gasteiger partial charge in [0, 0.05) is 18.7 Å². The van der Waals surface area contributed by atoms with Crippen LogP contribution in [0, 0.1) is 0 Å². The third-order valence-corrected chi connectivity index (χ3v) is 7.75. The lowest BCUT2D eigenvalue weighted by atomic mass is 10.1. The molecule has 0 aromatic heterocycles. The number of methoxy groups -OCH3 is 4. The highest BCUT2D eigenvalue weighted by atomic mass is 32.2. The van der Waals surface area contributed by atoms with E-state index in [0.29, 0.717) is 54.5 Å². The quantitative estimate of drug-likeness (QED) is 0.642. The van der Waals surface area contributed by atoms with E-state index < -0.39 is 15.1 Å². The van der Waals surface area contributed by atoms with E-state index in [1.165, 1.54) is 28.4 Å².